The summed E-state index contributed by atoms with van der Waals surface area (Å²) in [5, 5.41) is 3.35. The Morgan fingerprint density at radius 2 is 1.63 bits per heavy atom. The Morgan fingerprint density at radius 3 is 2.24 bits per heavy atom. The van der Waals surface area contributed by atoms with Crippen LogP contribution in [-0.4, -0.2) is 42.0 Å². The molecule has 1 amide bonds. The molecule has 0 saturated heterocycles. The summed E-state index contributed by atoms with van der Waals surface area (Å²) in [6.07, 6.45) is 0.546. The van der Waals surface area contributed by atoms with Crippen LogP contribution in [0.25, 0.3) is 10.9 Å². The van der Waals surface area contributed by atoms with E-state index in [1.165, 1.54) is 26.0 Å². The quantitative estimate of drug-likeness (QED) is 0.219. The van der Waals surface area contributed by atoms with Gasteiger partial charge in [0, 0.05) is 11.8 Å². The summed E-state index contributed by atoms with van der Waals surface area (Å²) >= 11 is 1.27. The number of carbonyl (C=O) groups excluding carboxylic acids is 1. The van der Waals surface area contributed by atoms with Crippen LogP contribution in [0, 0.1) is 6.92 Å². The molecule has 0 aliphatic rings. The lowest BCUT2D eigenvalue weighted by atomic mass is 10.2. The molecule has 1 aromatic heterocycles. The van der Waals surface area contributed by atoms with Crippen LogP contribution < -0.4 is 25.1 Å². The van der Waals surface area contributed by atoms with E-state index in [1.54, 1.807) is 23.8 Å². The molecule has 0 spiro atoms. The molecule has 38 heavy (non-hydrogen) atoms. The van der Waals surface area contributed by atoms with Crippen LogP contribution in [0.5, 0.6) is 17.2 Å². The summed E-state index contributed by atoms with van der Waals surface area (Å²) in [6, 6.07) is 18.5. The zero-order chi connectivity index (χ0) is 27.2. The normalized spacial score (nSPS) is 11.7. The van der Waals surface area contributed by atoms with Crippen molar-refractivity contribution >= 4 is 34.3 Å². The second kappa shape index (κ2) is 12.0. The van der Waals surface area contributed by atoms with Crippen molar-refractivity contribution in [1.29, 1.82) is 0 Å². The predicted octanol–water partition coefficient (Wildman–Crippen LogP) is 5.29. The Morgan fingerprint density at radius 1 is 0.974 bits per heavy atom. The second-order valence-electron chi connectivity index (χ2n) is 8.73. The van der Waals surface area contributed by atoms with E-state index in [9.17, 15) is 9.59 Å². The van der Waals surface area contributed by atoms with E-state index < -0.39 is 5.25 Å². The Hall–Kier alpha value is -3.98. The third kappa shape index (κ3) is 5.94. The molecule has 8 nitrogen and oxygen atoms in total. The van der Waals surface area contributed by atoms with Crippen molar-refractivity contribution in [2.24, 2.45) is 0 Å². The first kappa shape index (κ1) is 27.1. The Balaban J connectivity index is 1.76. The number of anilines is 1. The molecule has 0 fully saturated rings. The fourth-order valence-electron chi connectivity index (χ4n) is 3.98. The van der Waals surface area contributed by atoms with Gasteiger partial charge in [-0.15, -0.1) is 0 Å². The number of nitrogens with zero attached hydrogens (tertiary/aromatic N) is 2. The number of ether oxygens (including phenoxy) is 3. The van der Waals surface area contributed by atoms with Crippen LogP contribution in [0.3, 0.4) is 0 Å². The van der Waals surface area contributed by atoms with Gasteiger partial charge >= 0.3 is 0 Å². The number of rotatable bonds is 10. The molecule has 3 aromatic carbocycles. The molecule has 9 heteroatoms. The number of aryl methyl sites for hydroxylation is 1. The van der Waals surface area contributed by atoms with E-state index in [4.69, 9.17) is 19.2 Å². The molecule has 0 radical (unpaired) electrons. The number of nitrogens with one attached hydrogen (secondary N) is 1. The second-order valence-corrected chi connectivity index (χ2v) is 9.90. The van der Waals surface area contributed by atoms with Crippen molar-refractivity contribution in [3.8, 4) is 17.2 Å². The minimum atomic E-state index is -0.470. The van der Waals surface area contributed by atoms with E-state index in [2.05, 4.69) is 5.32 Å². The van der Waals surface area contributed by atoms with E-state index in [-0.39, 0.29) is 18.0 Å². The van der Waals surface area contributed by atoms with Crippen LogP contribution in [0.1, 0.15) is 24.5 Å². The van der Waals surface area contributed by atoms with Crippen LogP contribution in [0.2, 0.25) is 0 Å². The number of benzene rings is 3. The van der Waals surface area contributed by atoms with Crippen LogP contribution in [-0.2, 0) is 11.3 Å². The fraction of sp³-hybridized carbons (Fsp3) is 0.276. The number of aromatic nitrogens is 2. The van der Waals surface area contributed by atoms with Crippen LogP contribution in [0.15, 0.2) is 70.6 Å². The van der Waals surface area contributed by atoms with Crippen molar-refractivity contribution in [2.45, 2.75) is 37.2 Å². The highest BCUT2D eigenvalue weighted by Gasteiger charge is 2.23. The van der Waals surface area contributed by atoms with Gasteiger partial charge in [-0.25, -0.2) is 4.98 Å². The SMILES string of the molecule is CC[C@H](Sc1nc2cc(OC)c(OC)cc2c(=O)n1Cc1ccc(OC)cc1)C(=O)Nc1ccc(C)cc1. The average Bonchev–Trinajstić information content (AvgIpc) is 2.94. The topological polar surface area (TPSA) is 91.7 Å². The van der Waals surface area contributed by atoms with Gasteiger partial charge in [0.05, 0.1) is 44.0 Å². The molecule has 4 rings (SSSR count). The molecule has 0 saturated carbocycles. The standard InChI is InChI=1S/C29H31N3O5S/c1-6-26(27(33)30-20-11-7-18(2)8-12-20)38-29-31-23-16-25(37-5)24(36-4)15-22(23)28(34)32(29)17-19-9-13-21(35-3)14-10-19/h7-16,26H,6,17H2,1-5H3,(H,30,33)/t26-/m0/s1. The largest absolute Gasteiger partial charge is 0.497 e. The third-order valence-corrected chi connectivity index (χ3v) is 7.51. The molecule has 1 heterocycles. The molecule has 0 aliphatic heterocycles. The average molecular weight is 534 g/mol. The summed E-state index contributed by atoms with van der Waals surface area (Å²) in [4.78, 5) is 31.8. The molecule has 1 atom stereocenters. The fourth-order valence-corrected chi connectivity index (χ4v) is 4.99. The van der Waals surface area contributed by atoms with Crippen LogP contribution in [0.4, 0.5) is 5.69 Å². The zero-order valence-corrected chi connectivity index (χ0v) is 22.9. The lowest BCUT2D eigenvalue weighted by molar-refractivity contribution is -0.115. The van der Waals surface area contributed by atoms with E-state index in [1.807, 2.05) is 62.4 Å². The first-order valence-electron chi connectivity index (χ1n) is 12.2. The van der Waals surface area contributed by atoms with Crippen molar-refractivity contribution in [3.05, 3.63) is 82.1 Å². The molecule has 4 aromatic rings. The highest BCUT2D eigenvalue weighted by Crippen LogP contribution is 2.32. The molecule has 0 unspecified atom stereocenters. The Bertz CT molecular complexity index is 1480. The van der Waals surface area contributed by atoms with Gasteiger partial charge in [0.1, 0.15) is 5.75 Å². The predicted molar refractivity (Wildman–Crippen MR) is 151 cm³/mol. The van der Waals surface area contributed by atoms with Gasteiger partial charge in [0.15, 0.2) is 16.7 Å². The number of hydrogen-bond acceptors (Lipinski definition) is 7. The Labute approximate surface area is 225 Å². The van der Waals surface area contributed by atoms with Gasteiger partial charge < -0.3 is 19.5 Å². The third-order valence-electron chi connectivity index (χ3n) is 6.15. The maximum Gasteiger partial charge on any atom is 0.262 e. The highest BCUT2D eigenvalue weighted by atomic mass is 32.2. The monoisotopic (exact) mass is 533 g/mol. The molecular formula is C29H31N3O5S. The molecule has 1 N–H and O–H groups in total. The summed E-state index contributed by atoms with van der Waals surface area (Å²) in [7, 11) is 4.66. The van der Waals surface area contributed by atoms with E-state index in [0.29, 0.717) is 34.0 Å². The number of methoxy groups -OCH3 is 3. The first-order chi connectivity index (χ1) is 18.4. The minimum Gasteiger partial charge on any atom is -0.497 e. The van der Waals surface area contributed by atoms with Gasteiger partial charge in [-0.2, -0.15) is 0 Å². The number of amides is 1. The maximum absolute atomic E-state index is 13.8. The molecule has 198 valence electrons. The number of hydrogen-bond donors (Lipinski definition) is 1. The van der Waals surface area contributed by atoms with Crippen molar-refractivity contribution < 1.29 is 19.0 Å². The van der Waals surface area contributed by atoms with Gasteiger partial charge in [0.2, 0.25) is 5.91 Å². The summed E-state index contributed by atoms with van der Waals surface area (Å²) < 4.78 is 17.7. The number of thioether (sulfide) groups is 1. The molecular weight excluding hydrogens is 502 g/mol. The maximum atomic E-state index is 13.8. The summed E-state index contributed by atoms with van der Waals surface area (Å²) in [5.74, 6) is 1.49. The first-order valence-corrected chi connectivity index (χ1v) is 13.1. The number of fused-ring (bicyclic) bond motifs is 1. The van der Waals surface area contributed by atoms with E-state index in [0.717, 1.165) is 22.6 Å². The highest BCUT2D eigenvalue weighted by molar-refractivity contribution is 8.00. The van der Waals surface area contributed by atoms with Gasteiger partial charge in [-0.05, 0) is 49.2 Å². The van der Waals surface area contributed by atoms with Gasteiger partial charge in [0.25, 0.3) is 5.56 Å². The lowest BCUT2D eigenvalue weighted by Gasteiger charge is -2.19. The lowest BCUT2D eigenvalue weighted by Crippen LogP contribution is -2.28. The van der Waals surface area contributed by atoms with Crippen molar-refractivity contribution in [3.63, 3.8) is 0 Å². The van der Waals surface area contributed by atoms with E-state index >= 15 is 0 Å². The Kier molecular flexibility index (Phi) is 8.58. The smallest absolute Gasteiger partial charge is 0.262 e. The zero-order valence-electron chi connectivity index (χ0n) is 22.1. The van der Waals surface area contributed by atoms with Crippen molar-refractivity contribution in [1.82, 2.24) is 9.55 Å². The van der Waals surface area contributed by atoms with Gasteiger partial charge in [-0.1, -0.05) is 48.5 Å². The van der Waals surface area contributed by atoms with Gasteiger partial charge in [-0.3, -0.25) is 14.2 Å². The minimum absolute atomic E-state index is 0.154. The van der Waals surface area contributed by atoms with Crippen molar-refractivity contribution in [2.75, 3.05) is 26.6 Å². The summed E-state index contributed by atoms with van der Waals surface area (Å²) in [6.45, 7) is 4.21. The summed E-state index contributed by atoms with van der Waals surface area (Å²) in [5.41, 5.74) is 2.96. The molecule has 0 bridgehead atoms. The number of carbonyl (C=O) groups is 1. The van der Waals surface area contributed by atoms with Crippen LogP contribution >= 0.6 is 11.8 Å². The molecule has 0 aliphatic carbocycles.